The van der Waals surface area contributed by atoms with Gasteiger partial charge in [-0.2, -0.15) is 0 Å². The summed E-state index contributed by atoms with van der Waals surface area (Å²) in [6, 6.07) is 10.4. The highest BCUT2D eigenvalue weighted by Gasteiger charge is 2.01. The van der Waals surface area contributed by atoms with Crippen molar-refractivity contribution in [1.82, 2.24) is 4.98 Å². The number of benzene rings is 1. The fourth-order valence-corrected chi connectivity index (χ4v) is 1.48. The van der Waals surface area contributed by atoms with Gasteiger partial charge < -0.3 is 5.32 Å². The molecule has 0 amide bonds. The Morgan fingerprint density at radius 3 is 2.69 bits per heavy atom. The average Bonchev–Trinajstić information content (AvgIpc) is 2.24. The van der Waals surface area contributed by atoms with Gasteiger partial charge >= 0.3 is 0 Å². The van der Waals surface area contributed by atoms with Crippen LogP contribution in [0.3, 0.4) is 0 Å². The lowest BCUT2D eigenvalue weighted by Gasteiger charge is -2.09. The number of aryl methyl sites for hydroxylation is 2. The molecule has 0 saturated heterocycles. The van der Waals surface area contributed by atoms with Crippen LogP contribution in [0.25, 0.3) is 0 Å². The Morgan fingerprint density at radius 2 is 1.94 bits per heavy atom. The number of hydrogen-bond donors (Lipinski definition) is 1. The second-order valence-corrected chi connectivity index (χ2v) is 3.75. The van der Waals surface area contributed by atoms with Gasteiger partial charge in [-0.25, -0.2) is 9.37 Å². The van der Waals surface area contributed by atoms with E-state index < -0.39 is 0 Å². The molecular formula is C13H13FN2. The summed E-state index contributed by atoms with van der Waals surface area (Å²) >= 11 is 0. The Labute approximate surface area is 94.2 Å². The number of anilines is 2. The van der Waals surface area contributed by atoms with Crippen LogP contribution < -0.4 is 5.32 Å². The van der Waals surface area contributed by atoms with Crippen molar-refractivity contribution in [3.63, 3.8) is 0 Å². The molecule has 1 aromatic heterocycles. The molecule has 0 spiro atoms. The maximum atomic E-state index is 13.1. The molecule has 3 heteroatoms. The fraction of sp³-hybridized carbons (Fsp3) is 0.154. The second kappa shape index (κ2) is 4.31. The summed E-state index contributed by atoms with van der Waals surface area (Å²) in [6.07, 6.45) is 0. The Bertz CT molecular complexity index is 509. The third-order valence-corrected chi connectivity index (χ3v) is 2.35. The highest BCUT2D eigenvalue weighted by Crippen LogP contribution is 2.20. The van der Waals surface area contributed by atoms with Gasteiger partial charge in [0.15, 0.2) is 0 Å². The Hall–Kier alpha value is -1.90. The van der Waals surface area contributed by atoms with Gasteiger partial charge in [-0.3, -0.25) is 0 Å². The van der Waals surface area contributed by atoms with Crippen molar-refractivity contribution in [2.24, 2.45) is 0 Å². The number of halogens is 1. The number of pyridine rings is 1. The molecule has 2 nitrogen and oxygen atoms in total. The van der Waals surface area contributed by atoms with E-state index in [2.05, 4.69) is 10.3 Å². The molecule has 0 aliphatic rings. The van der Waals surface area contributed by atoms with E-state index in [4.69, 9.17) is 0 Å². The van der Waals surface area contributed by atoms with Crippen LogP contribution in [-0.4, -0.2) is 4.98 Å². The van der Waals surface area contributed by atoms with Crippen LogP contribution in [0, 0.1) is 19.7 Å². The van der Waals surface area contributed by atoms with Crippen molar-refractivity contribution in [1.29, 1.82) is 0 Å². The van der Waals surface area contributed by atoms with Crippen molar-refractivity contribution in [3.8, 4) is 0 Å². The maximum Gasteiger partial charge on any atom is 0.130 e. The first-order chi connectivity index (χ1) is 7.65. The molecule has 1 heterocycles. The van der Waals surface area contributed by atoms with Gasteiger partial charge in [-0.05, 0) is 43.7 Å². The standard InChI is InChI=1S/C13H13FN2/c1-9-6-7-11(14)8-12(9)16-13-5-3-4-10(2)15-13/h3-8H,1-2H3,(H,15,16). The largest absolute Gasteiger partial charge is 0.340 e. The molecular weight excluding hydrogens is 203 g/mol. The van der Waals surface area contributed by atoms with Gasteiger partial charge in [-0.15, -0.1) is 0 Å². The summed E-state index contributed by atoms with van der Waals surface area (Å²) in [7, 11) is 0. The van der Waals surface area contributed by atoms with Gasteiger partial charge in [0.2, 0.25) is 0 Å². The van der Waals surface area contributed by atoms with E-state index in [1.807, 2.05) is 32.0 Å². The molecule has 0 aliphatic carbocycles. The maximum absolute atomic E-state index is 13.1. The summed E-state index contributed by atoms with van der Waals surface area (Å²) < 4.78 is 13.1. The zero-order chi connectivity index (χ0) is 11.5. The molecule has 0 atom stereocenters. The van der Waals surface area contributed by atoms with Crippen LogP contribution in [0.2, 0.25) is 0 Å². The topological polar surface area (TPSA) is 24.9 Å². The minimum atomic E-state index is -0.249. The van der Waals surface area contributed by atoms with Gasteiger partial charge in [0.1, 0.15) is 11.6 Å². The van der Waals surface area contributed by atoms with Gasteiger partial charge in [0.05, 0.1) is 0 Å². The predicted octanol–water partition coefficient (Wildman–Crippen LogP) is 3.58. The minimum Gasteiger partial charge on any atom is -0.340 e. The first-order valence-corrected chi connectivity index (χ1v) is 5.12. The lowest BCUT2D eigenvalue weighted by Crippen LogP contribution is -1.97. The lowest BCUT2D eigenvalue weighted by atomic mass is 10.2. The monoisotopic (exact) mass is 216 g/mol. The van der Waals surface area contributed by atoms with Crippen LogP contribution in [-0.2, 0) is 0 Å². The average molecular weight is 216 g/mol. The number of nitrogens with zero attached hydrogens (tertiary/aromatic N) is 1. The molecule has 1 aromatic carbocycles. The predicted molar refractivity (Wildman–Crippen MR) is 63.4 cm³/mol. The zero-order valence-corrected chi connectivity index (χ0v) is 9.29. The van der Waals surface area contributed by atoms with Crippen LogP contribution in [0.5, 0.6) is 0 Å². The number of hydrogen-bond acceptors (Lipinski definition) is 2. The third-order valence-electron chi connectivity index (χ3n) is 2.35. The molecule has 0 aliphatic heterocycles. The lowest BCUT2D eigenvalue weighted by molar-refractivity contribution is 0.628. The number of aromatic nitrogens is 1. The van der Waals surface area contributed by atoms with E-state index in [0.29, 0.717) is 0 Å². The molecule has 0 bridgehead atoms. The van der Waals surface area contributed by atoms with Crippen molar-refractivity contribution in [2.75, 3.05) is 5.32 Å². The number of rotatable bonds is 2. The van der Waals surface area contributed by atoms with Crippen molar-refractivity contribution in [2.45, 2.75) is 13.8 Å². The highest BCUT2D eigenvalue weighted by molar-refractivity contribution is 5.60. The first kappa shape index (κ1) is 10.6. The molecule has 82 valence electrons. The van der Waals surface area contributed by atoms with E-state index >= 15 is 0 Å². The number of nitrogens with one attached hydrogen (secondary N) is 1. The summed E-state index contributed by atoms with van der Waals surface area (Å²) in [5, 5.41) is 3.10. The van der Waals surface area contributed by atoms with Crippen molar-refractivity contribution >= 4 is 11.5 Å². The molecule has 2 rings (SSSR count). The van der Waals surface area contributed by atoms with E-state index in [0.717, 1.165) is 22.8 Å². The second-order valence-electron chi connectivity index (χ2n) is 3.75. The van der Waals surface area contributed by atoms with Gasteiger partial charge in [-0.1, -0.05) is 12.1 Å². The molecule has 0 radical (unpaired) electrons. The quantitative estimate of drug-likeness (QED) is 0.829. The summed E-state index contributed by atoms with van der Waals surface area (Å²) in [4.78, 5) is 4.31. The summed E-state index contributed by atoms with van der Waals surface area (Å²) in [5.41, 5.74) is 2.67. The molecule has 2 aromatic rings. The zero-order valence-electron chi connectivity index (χ0n) is 9.29. The molecule has 16 heavy (non-hydrogen) atoms. The molecule has 0 unspecified atom stereocenters. The van der Waals surface area contributed by atoms with E-state index in [1.165, 1.54) is 12.1 Å². The fourth-order valence-electron chi connectivity index (χ4n) is 1.48. The first-order valence-electron chi connectivity index (χ1n) is 5.12. The van der Waals surface area contributed by atoms with Crippen molar-refractivity contribution < 1.29 is 4.39 Å². The normalized spacial score (nSPS) is 10.2. The third kappa shape index (κ3) is 2.37. The highest BCUT2D eigenvalue weighted by atomic mass is 19.1. The Morgan fingerprint density at radius 1 is 1.12 bits per heavy atom. The summed E-state index contributed by atoms with van der Waals surface area (Å²) in [5.74, 6) is 0.481. The van der Waals surface area contributed by atoms with E-state index in [-0.39, 0.29) is 5.82 Å². The van der Waals surface area contributed by atoms with E-state index in [1.54, 1.807) is 6.07 Å². The van der Waals surface area contributed by atoms with Gasteiger partial charge in [0, 0.05) is 11.4 Å². The minimum absolute atomic E-state index is 0.249. The smallest absolute Gasteiger partial charge is 0.130 e. The van der Waals surface area contributed by atoms with Crippen LogP contribution in [0.4, 0.5) is 15.9 Å². The van der Waals surface area contributed by atoms with E-state index in [9.17, 15) is 4.39 Å². The van der Waals surface area contributed by atoms with Crippen LogP contribution >= 0.6 is 0 Å². The molecule has 0 saturated carbocycles. The Kier molecular flexibility index (Phi) is 2.86. The van der Waals surface area contributed by atoms with Gasteiger partial charge in [0.25, 0.3) is 0 Å². The van der Waals surface area contributed by atoms with Crippen LogP contribution in [0.15, 0.2) is 36.4 Å². The molecule has 0 fully saturated rings. The Balaban J connectivity index is 2.30. The SMILES string of the molecule is Cc1cccc(Nc2cc(F)ccc2C)n1. The summed E-state index contributed by atoms with van der Waals surface area (Å²) in [6.45, 7) is 3.85. The molecule has 1 N–H and O–H groups in total. The van der Waals surface area contributed by atoms with Crippen LogP contribution in [0.1, 0.15) is 11.3 Å². The van der Waals surface area contributed by atoms with Crippen molar-refractivity contribution in [3.05, 3.63) is 53.5 Å².